The highest BCUT2D eigenvalue weighted by molar-refractivity contribution is 5.07. The van der Waals surface area contributed by atoms with Crippen molar-refractivity contribution in [3.05, 3.63) is 23.8 Å². The van der Waals surface area contributed by atoms with Gasteiger partial charge in [0.2, 0.25) is 0 Å². The molecule has 4 nitrogen and oxygen atoms in total. The van der Waals surface area contributed by atoms with E-state index in [9.17, 15) is 0 Å². The van der Waals surface area contributed by atoms with Gasteiger partial charge in [-0.1, -0.05) is 13.8 Å². The lowest BCUT2D eigenvalue weighted by atomic mass is 10.1. The zero-order valence-corrected chi connectivity index (χ0v) is 11.0. The minimum Gasteiger partial charge on any atom is -0.313 e. The number of nitrogens with zero attached hydrogens (tertiary/aromatic N) is 3. The first kappa shape index (κ1) is 12.5. The van der Waals surface area contributed by atoms with Crippen LogP contribution in [-0.2, 0) is 6.42 Å². The van der Waals surface area contributed by atoms with E-state index in [0.717, 1.165) is 37.6 Å². The number of rotatable bonds is 3. The SMILES string of the molecule is CC(C)Cc1ccnc(C2CNCCN2C)n1. The van der Waals surface area contributed by atoms with Crippen LogP contribution in [0.1, 0.15) is 31.4 Å². The lowest BCUT2D eigenvalue weighted by molar-refractivity contribution is 0.194. The molecule has 1 aromatic heterocycles. The summed E-state index contributed by atoms with van der Waals surface area (Å²) in [7, 11) is 2.14. The summed E-state index contributed by atoms with van der Waals surface area (Å²) in [6.45, 7) is 7.49. The van der Waals surface area contributed by atoms with Crippen molar-refractivity contribution < 1.29 is 0 Å². The highest BCUT2D eigenvalue weighted by Crippen LogP contribution is 2.17. The van der Waals surface area contributed by atoms with E-state index in [1.807, 2.05) is 12.3 Å². The highest BCUT2D eigenvalue weighted by atomic mass is 15.2. The molecule has 1 fully saturated rings. The molecule has 4 heteroatoms. The van der Waals surface area contributed by atoms with E-state index >= 15 is 0 Å². The van der Waals surface area contributed by atoms with Crippen molar-refractivity contribution in [2.45, 2.75) is 26.3 Å². The third kappa shape index (κ3) is 3.23. The first-order valence-corrected chi connectivity index (χ1v) is 6.39. The topological polar surface area (TPSA) is 41.1 Å². The van der Waals surface area contributed by atoms with Gasteiger partial charge in [-0.2, -0.15) is 0 Å². The molecule has 1 aliphatic rings. The van der Waals surface area contributed by atoms with Gasteiger partial charge in [0.15, 0.2) is 0 Å². The van der Waals surface area contributed by atoms with Gasteiger partial charge in [0.1, 0.15) is 5.82 Å². The van der Waals surface area contributed by atoms with Gasteiger partial charge >= 0.3 is 0 Å². The lowest BCUT2D eigenvalue weighted by Gasteiger charge is -2.31. The van der Waals surface area contributed by atoms with Crippen molar-refractivity contribution in [3.63, 3.8) is 0 Å². The summed E-state index contributed by atoms with van der Waals surface area (Å²) in [6.07, 6.45) is 2.92. The normalized spacial score (nSPS) is 22.0. The number of hydrogen-bond acceptors (Lipinski definition) is 4. The lowest BCUT2D eigenvalue weighted by Crippen LogP contribution is -2.44. The fourth-order valence-corrected chi connectivity index (χ4v) is 2.20. The van der Waals surface area contributed by atoms with Gasteiger partial charge in [-0.25, -0.2) is 9.97 Å². The van der Waals surface area contributed by atoms with Crippen LogP contribution in [0.4, 0.5) is 0 Å². The summed E-state index contributed by atoms with van der Waals surface area (Å²) in [4.78, 5) is 11.4. The molecule has 17 heavy (non-hydrogen) atoms. The molecule has 0 amide bonds. The standard InChI is InChI=1S/C13H22N4/c1-10(2)8-11-4-5-15-13(16-11)12-9-14-6-7-17(12)3/h4-5,10,12,14H,6-9H2,1-3H3. The van der Waals surface area contributed by atoms with Crippen molar-refractivity contribution in [1.82, 2.24) is 20.2 Å². The first-order chi connectivity index (χ1) is 8.16. The second-order valence-electron chi connectivity index (χ2n) is 5.20. The fraction of sp³-hybridized carbons (Fsp3) is 0.692. The summed E-state index contributed by atoms with van der Waals surface area (Å²) < 4.78 is 0. The van der Waals surface area contributed by atoms with E-state index < -0.39 is 0 Å². The average molecular weight is 234 g/mol. The minimum atomic E-state index is 0.316. The maximum absolute atomic E-state index is 4.69. The van der Waals surface area contributed by atoms with Crippen molar-refractivity contribution in [3.8, 4) is 0 Å². The Morgan fingerprint density at radius 3 is 3.06 bits per heavy atom. The second kappa shape index (κ2) is 5.56. The molecular formula is C13H22N4. The van der Waals surface area contributed by atoms with Crippen LogP contribution >= 0.6 is 0 Å². The zero-order chi connectivity index (χ0) is 12.3. The van der Waals surface area contributed by atoms with Crippen molar-refractivity contribution in [2.24, 2.45) is 5.92 Å². The summed E-state index contributed by atoms with van der Waals surface area (Å²) in [5, 5.41) is 3.40. The van der Waals surface area contributed by atoms with Crippen molar-refractivity contribution in [1.29, 1.82) is 0 Å². The molecule has 2 rings (SSSR count). The van der Waals surface area contributed by atoms with E-state index in [0.29, 0.717) is 12.0 Å². The number of hydrogen-bond donors (Lipinski definition) is 1. The number of likely N-dealkylation sites (N-methyl/N-ethyl adjacent to an activating group) is 1. The van der Waals surface area contributed by atoms with Gasteiger partial charge in [-0.15, -0.1) is 0 Å². The van der Waals surface area contributed by atoms with E-state index in [1.165, 1.54) is 0 Å². The van der Waals surface area contributed by atoms with Crippen LogP contribution in [0.5, 0.6) is 0 Å². The summed E-state index contributed by atoms with van der Waals surface area (Å²) in [5.41, 5.74) is 1.16. The minimum absolute atomic E-state index is 0.316. The van der Waals surface area contributed by atoms with Crippen LogP contribution < -0.4 is 5.32 Å². The maximum Gasteiger partial charge on any atom is 0.146 e. The molecule has 0 bridgehead atoms. The Balaban J connectivity index is 2.14. The van der Waals surface area contributed by atoms with Gasteiger partial charge in [0.25, 0.3) is 0 Å². The van der Waals surface area contributed by atoms with Crippen LogP contribution in [0.2, 0.25) is 0 Å². The molecule has 0 aromatic carbocycles. The quantitative estimate of drug-likeness (QED) is 0.854. The molecule has 1 aliphatic heterocycles. The molecule has 1 aromatic rings. The molecule has 0 saturated carbocycles. The van der Waals surface area contributed by atoms with Gasteiger partial charge in [0.05, 0.1) is 6.04 Å². The predicted molar refractivity (Wildman–Crippen MR) is 68.8 cm³/mol. The average Bonchev–Trinajstić information content (AvgIpc) is 2.29. The summed E-state index contributed by atoms with van der Waals surface area (Å²) in [6, 6.07) is 2.34. The Bertz CT molecular complexity index is 364. The third-order valence-corrected chi connectivity index (χ3v) is 3.16. The Labute approximate surface area is 103 Å². The largest absolute Gasteiger partial charge is 0.313 e. The van der Waals surface area contributed by atoms with Crippen LogP contribution in [0.3, 0.4) is 0 Å². The Morgan fingerprint density at radius 2 is 2.35 bits per heavy atom. The smallest absolute Gasteiger partial charge is 0.146 e. The summed E-state index contributed by atoms with van der Waals surface area (Å²) >= 11 is 0. The third-order valence-electron chi connectivity index (χ3n) is 3.16. The number of nitrogens with one attached hydrogen (secondary N) is 1. The molecule has 0 radical (unpaired) electrons. The molecule has 0 aliphatic carbocycles. The molecule has 1 saturated heterocycles. The second-order valence-corrected chi connectivity index (χ2v) is 5.20. The monoisotopic (exact) mass is 234 g/mol. The van der Waals surface area contributed by atoms with E-state index in [2.05, 4.69) is 36.1 Å². The van der Waals surface area contributed by atoms with E-state index in [-0.39, 0.29) is 0 Å². The molecule has 1 unspecified atom stereocenters. The molecule has 94 valence electrons. The highest BCUT2D eigenvalue weighted by Gasteiger charge is 2.22. The summed E-state index contributed by atoms with van der Waals surface area (Å²) in [5.74, 6) is 1.60. The van der Waals surface area contributed by atoms with Crippen LogP contribution in [-0.4, -0.2) is 41.5 Å². The Kier molecular flexibility index (Phi) is 4.07. The van der Waals surface area contributed by atoms with Gasteiger partial charge in [-0.05, 0) is 25.5 Å². The molecule has 1 atom stereocenters. The fourth-order valence-electron chi connectivity index (χ4n) is 2.20. The van der Waals surface area contributed by atoms with Gasteiger partial charge < -0.3 is 5.32 Å². The molecule has 0 spiro atoms. The van der Waals surface area contributed by atoms with Crippen LogP contribution in [0, 0.1) is 5.92 Å². The van der Waals surface area contributed by atoms with Crippen LogP contribution in [0.25, 0.3) is 0 Å². The van der Waals surface area contributed by atoms with Crippen LogP contribution in [0.15, 0.2) is 12.3 Å². The Hall–Kier alpha value is -1.00. The number of piperazine rings is 1. The number of aromatic nitrogens is 2. The van der Waals surface area contributed by atoms with Gasteiger partial charge in [0, 0.05) is 31.5 Å². The molecule has 1 N–H and O–H groups in total. The van der Waals surface area contributed by atoms with E-state index in [4.69, 9.17) is 4.98 Å². The predicted octanol–water partition coefficient (Wildman–Crippen LogP) is 1.25. The maximum atomic E-state index is 4.69. The van der Waals surface area contributed by atoms with Crippen molar-refractivity contribution >= 4 is 0 Å². The van der Waals surface area contributed by atoms with E-state index in [1.54, 1.807) is 0 Å². The van der Waals surface area contributed by atoms with Crippen molar-refractivity contribution in [2.75, 3.05) is 26.7 Å². The van der Waals surface area contributed by atoms with Gasteiger partial charge in [-0.3, -0.25) is 4.90 Å². The Morgan fingerprint density at radius 1 is 1.53 bits per heavy atom. The molecule has 2 heterocycles. The zero-order valence-electron chi connectivity index (χ0n) is 11.0. The first-order valence-electron chi connectivity index (χ1n) is 6.39. The molecular weight excluding hydrogens is 212 g/mol.